The fraction of sp³-hybridized carbons (Fsp3) is 0.455. The molecule has 0 fully saturated rings. The van der Waals surface area contributed by atoms with Crippen LogP contribution in [0.15, 0.2) is 35.3 Å². The number of allylic oxidation sites excluding steroid dienone is 5. The summed E-state index contributed by atoms with van der Waals surface area (Å²) in [6.45, 7) is 5.79. The van der Waals surface area contributed by atoms with Crippen LogP contribution >= 0.6 is 0 Å². The normalized spacial score (nSPS) is 22.9. The van der Waals surface area contributed by atoms with E-state index >= 15 is 0 Å². The van der Waals surface area contributed by atoms with Crippen LogP contribution in [0.4, 0.5) is 0 Å². The molecule has 13 heavy (non-hydrogen) atoms. The van der Waals surface area contributed by atoms with Crippen molar-refractivity contribution in [3.05, 3.63) is 35.3 Å². The second kappa shape index (κ2) is 4.47. The molecule has 1 rings (SSSR count). The van der Waals surface area contributed by atoms with E-state index in [0.29, 0.717) is 5.92 Å². The van der Waals surface area contributed by atoms with Gasteiger partial charge in [0.2, 0.25) is 0 Å². The summed E-state index contributed by atoms with van der Waals surface area (Å²) in [5.74, 6) is 2.41. The van der Waals surface area contributed by atoms with Crippen LogP contribution in [0.5, 0.6) is 0 Å². The summed E-state index contributed by atoms with van der Waals surface area (Å²) in [6, 6.07) is 0. The van der Waals surface area contributed by atoms with Gasteiger partial charge in [0.15, 0.2) is 0 Å². The fourth-order valence-corrected chi connectivity index (χ4v) is 1.54. The third kappa shape index (κ3) is 3.23. The third-order valence-corrected chi connectivity index (χ3v) is 2.32. The SMILES string of the molecule is CB(O)C=CC1=CC=C(C)CC1C. The minimum absolute atomic E-state index is 0.347. The minimum Gasteiger partial charge on any atom is -0.447 e. The Morgan fingerprint density at radius 1 is 1.54 bits per heavy atom. The van der Waals surface area contributed by atoms with Crippen molar-refractivity contribution in [1.29, 1.82) is 0 Å². The van der Waals surface area contributed by atoms with E-state index in [4.69, 9.17) is 5.02 Å². The zero-order chi connectivity index (χ0) is 9.84. The molecule has 0 heterocycles. The summed E-state index contributed by atoms with van der Waals surface area (Å²) in [5, 5.41) is 9.09. The van der Waals surface area contributed by atoms with Gasteiger partial charge in [-0.25, -0.2) is 0 Å². The lowest BCUT2D eigenvalue weighted by Crippen LogP contribution is -2.05. The van der Waals surface area contributed by atoms with Crippen molar-refractivity contribution in [3.8, 4) is 0 Å². The number of hydrogen-bond acceptors (Lipinski definition) is 1. The fourth-order valence-electron chi connectivity index (χ4n) is 1.54. The molecule has 1 unspecified atom stereocenters. The lowest BCUT2D eigenvalue weighted by atomic mass is 9.71. The van der Waals surface area contributed by atoms with Gasteiger partial charge in [0.25, 0.3) is 0 Å². The van der Waals surface area contributed by atoms with Gasteiger partial charge < -0.3 is 5.02 Å². The Balaban J connectivity index is 2.69. The second-order valence-electron chi connectivity index (χ2n) is 3.88. The number of rotatable bonds is 2. The van der Waals surface area contributed by atoms with E-state index in [1.165, 1.54) is 11.1 Å². The van der Waals surface area contributed by atoms with Crippen LogP contribution in [0.25, 0.3) is 0 Å². The molecule has 0 spiro atoms. The van der Waals surface area contributed by atoms with Gasteiger partial charge in [-0.15, -0.1) is 0 Å². The van der Waals surface area contributed by atoms with Gasteiger partial charge in [-0.05, 0) is 24.8 Å². The molecule has 0 radical (unpaired) electrons. The zero-order valence-electron chi connectivity index (χ0n) is 8.62. The molecular weight excluding hydrogens is 159 g/mol. The maximum atomic E-state index is 9.09. The summed E-state index contributed by atoms with van der Waals surface area (Å²) < 4.78 is 0. The molecule has 0 aromatic carbocycles. The van der Waals surface area contributed by atoms with E-state index < -0.39 is 0 Å². The van der Waals surface area contributed by atoms with Crippen LogP contribution in [-0.4, -0.2) is 11.9 Å². The lowest BCUT2D eigenvalue weighted by molar-refractivity contribution is 0.592. The maximum Gasteiger partial charge on any atom is 0.312 e. The Morgan fingerprint density at radius 2 is 2.23 bits per heavy atom. The topological polar surface area (TPSA) is 20.2 Å². The molecule has 1 aliphatic carbocycles. The van der Waals surface area contributed by atoms with Crippen molar-refractivity contribution in [2.45, 2.75) is 27.1 Å². The first-order valence-corrected chi connectivity index (χ1v) is 4.83. The van der Waals surface area contributed by atoms with E-state index in [1.807, 2.05) is 12.1 Å². The van der Waals surface area contributed by atoms with Crippen LogP contribution in [0.1, 0.15) is 20.3 Å². The standard InChI is InChI=1S/C11H17BO/c1-9-4-5-11(10(2)8-9)6-7-12(3)13/h4-7,10,13H,8H2,1-3H3. The van der Waals surface area contributed by atoms with E-state index in [0.717, 1.165) is 6.42 Å². The molecule has 2 heteroatoms. The highest BCUT2D eigenvalue weighted by Crippen LogP contribution is 2.25. The van der Waals surface area contributed by atoms with Crippen molar-refractivity contribution >= 4 is 6.92 Å². The van der Waals surface area contributed by atoms with Gasteiger partial charge in [-0.1, -0.05) is 43.5 Å². The average molecular weight is 176 g/mol. The van der Waals surface area contributed by atoms with Crippen molar-refractivity contribution in [3.63, 3.8) is 0 Å². The molecule has 0 amide bonds. The van der Waals surface area contributed by atoms with Crippen LogP contribution in [0, 0.1) is 5.92 Å². The summed E-state index contributed by atoms with van der Waals surface area (Å²) in [5.41, 5.74) is 2.74. The molecule has 70 valence electrons. The van der Waals surface area contributed by atoms with E-state index in [-0.39, 0.29) is 6.92 Å². The predicted octanol–water partition coefficient (Wildman–Crippen LogP) is 2.61. The summed E-state index contributed by atoms with van der Waals surface area (Å²) in [6.07, 6.45) is 7.46. The molecule has 0 aliphatic heterocycles. The lowest BCUT2D eigenvalue weighted by Gasteiger charge is -2.17. The first-order valence-electron chi connectivity index (χ1n) is 4.83. The first-order chi connectivity index (χ1) is 6.09. The van der Waals surface area contributed by atoms with Crippen LogP contribution in [0.3, 0.4) is 0 Å². The largest absolute Gasteiger partial charge is 0.447 e. The zero-order valence-corrected chi connectivity index (χ0v) is 8.62. The molecule has 1 aliphatic rings. The van der Waals surface area contributed by atoms with Crippen molar-refractivity contribution in [2.24, 2.45) is 5.92 Å². The van der Waals surface area contributed by atoms with Crippen LogP contribution < -0.4 is 0 Å². The van der Waals surface area contributed by atoms with E-state index in [9.17, 15) is 0 Å². The highest BCUT2D eigenvalue weighted by atomic mass is 16.2. The molecule has 0 bridgehead atoms. The van der Waals surface area contributed by atoms with E-state index in [1.54, 1.807) is 6.82 Å². The quantitative estimate of drug-likeness (QED) is 0.641. The molecule has 0 aromatic heterocycles. The van der Waals surface area contributed by atoms with Gasteiger partial charge in [0.05, 0.1) is 0 Å². The smallest absolute Gasteiger partial charge is 0.312 e. The molecule has 1 nitrogen and oxygen atoms in total. The Kier molecular flexibility index (Phi) is 3.55. The second-order valence-corrected chi connectivity index (χ2v) is 3.88. The maximum absolute atomic E-state index is 9.09. The predicted molar refractivity (Wildman–Crippen MR) is 58.6 cm³/mol. The van der Waals surface area contributed by atoms with Crippen LogP contribution in [-0.2, 0) is 0 Å². The summed E-state index contributed by atoms with van der Waals surface area (Å²) in [7, 11) is 0. The Bertz CT molecular complexity index is 261. The highest BCUT2D eigenvalue weighted by molar-refractivity contribution is 6.54. The third-order valence-electron chi connectivity index (χ3n) is 2.32. The van der Waals surface area contributed by atoms with Crippen molar-refractivity contribution in [2.75, 3.05) is 0 Å². The number of hydrogen-bond donors (Lipinski definition) is 1. The van der Waals surface area contributed by atoms with Crippen molar-refractivity contribution in [1.82, 2.24) is 0 Å². The minimum atomic E-state index is -0.347. The molecule has 0 saturated heterocycles. The Hall–Kier alpha value is -0.755. The van der Waals surface area contributed by atoms with Crippen molar-refractivity contribution < 1.29 is 5.02 Å². The average Bonchev–Trinajstić information content (AvgIpc) is 2.02. The molecule has 1 N–H and O–H groups in total. The summed E-state index contributed by atoms with van der Waals surface area (Å²) >= 11 is 0. The molecule has 0 saturated carbocycles. The monoisotopic (exact) mass is 176 g/mol. The summed E-state index contributed by atoms with van der Waals surface area (Å²) in [4.78, 5) is 0. The molecular formula is C11H17BO. The molecule has 0 aromatic rings. The first kappa shape index (κ1) is 10.3. The highest BCUT2D eigenvalue weighted by Gasteiger charge is 2.10. The van der Waals surface area contributed by atoms with Gasteiger partial charge >= 0.3 is 6.92 Å². The van der Waals surface area contributed by atoms with Gasteiger partial charge in [0.1, 0.15) is 0 Å². The Labute approximate surface area is 81.0 Å². The molecule has 1 atom stereocenters. The van der Waals surface area contributed by atoms with E-state index in [2.05, 4.69) is 26.0 Å². The van der Waals surface area contributed by atoms with Gasteiger partial charge in [0, 0.05) is 0 Å². The van der Waals surface area contributed by atoms with Crippen LogP contribution in [0.2, 0.25) is 6.82 Å². The Morgan fingerprint density at radius 3 is 2.77 bits per heavy atom. The van der Waals surface area contributed by atoms with Gasteiger partial charge in [-0.3, -0.25) is 0 Å². The van der Waals surface area contributed by atoms with Gasteiger partial charge in [-0.2, -0.15) is 0 Å².